The van der Waals surface area contributed by atoms with Crippen LogP contribution in [0.15, 0.2) is 42.5 Å². The van der Waals surface area contributed by atoms with E-state index in [2.05, 4.69) is 22.4 Å². The van der Waals surface area contributed by atoms with Crippen molar-refractivity contribution in [3.8, 4) is 5.75 Å². The number of para-hydroxylation sites is 2. The van der Waals surface area contributed by atoms with Gasteiger partial charge in [-0.2, -0.15) is 0 Å². The van der Waals surface area contributed by atoms with Crippen LogP contribution >= 0.6 is 0 Å². The average molecular weight is 349 g/mol. The van der Waals surface area contributed by atoms with Crippen molar-refractivity contribution in [1.82, 2.24) is 9.55 Å². The minimum atomic E-state index is -0.598. The van der Waals surface area contributed by atoms with Gasteiger partial charge in [0.25, 0.3) is 5.91 Å². The van der Waals surface area contributed by atoms with Crippen molar-refractivity contribution in [1.29, 1.82) is 0 Å². The molecule has 1 aliphatic rings. The third-order valence-corrected chi connectivity index (χ3v) is 4.96. The molecule has 0 bridgehead atoms. The fourth-order valence-electron chi connectivity index (χ4n) is 3.58. The van der Waals surface area contributed by atoms with Crippen LogP contribution in [0.1, 0.15) is 31.4 Å². The first kappa shape index (κ1) is 16.6. The molecule has 5 heteroatoms. The molecule has 0 saturated heterocycles. The number of aromatic nitrogens is 2. The van der Waals surface area contributed by atoms with Crippen LogP contribution in [0.25, 0.3) is 11.0 Å². The third kappa shape index (κ3) is 3.05. The topological polar surface area (TPSA) is 56.2 Å². The zero-order valence-electron chi connectivity index (χ0n) is 15.2. The summed E-state index contributed by atoms with van der Waals surface area (Å²) < 4.78 is 7.87. The summed E-state index contributed by atoms with van der Waals surface area (Å²) in [7, 11) is 0. The molecule has 1 N–H and O–H groups in total. The van der Waals surface area contributed by atoms with Crippen LogP contribution in [-0.4, -0.2) is 21.6 Å². The maximum absolute atomic E-state index is 12.6. The number of amides is 1. The summed E-state index contributed by atoms with van der Waals surface area (Å²) in [6, 6.07) is 14.0. The van der Waals surface area contributed by atoms with Crippen molar-refractivity contribution < 1.29 is 9.53 Å². The monoisotopic (exact) mass is 349 g/mol. The number of carbonyl (C=O) groups is 1. The molecule has 0 fully saturated rings. The van der Waals surface area contributed by atoms with Gasteiger partial charge in [-0.15, -0.1) is 0 Å². The van der Waals surface area contributed by atoms with Crippen LogP contribution in [0.4, 0.5) is 5.95 Å². The lowest BCUT2D eigenvalue weighted by Gasteiger charge is -2.15. The zero-order valence-corrected chi connectivity index (χ0v) is 15.2. The molecule has 0 spiro atoms. The summed E-state index contributed by atoms with van der Waals surface area (Å²) in [6.45, 7) is 4.53. The van der Waals surface area contributed by atoms with E-state index in [1.54, 1.807) is 6.92 Å². The molecule has 0 radical (unpaired) electrons. The smallest absolute Gasteiger partial charge is 0.267 e. The van der Waals surface area contributed by atoms with Gasteiger partial charge in [0.1, 0.15) is 5.75 Å². The van der Waals surface area contributed by atoms with Gasteiger partial charge < -0.3 is 9.30 Å². The van der Waals surface area contributed by atoms with Crippen molar-refractivity contribution in [2.45, 2.75) is 45.8 Å². The van der Waals surface area contributed by atoms with E-state index in [9.17, 15) is 4.79 Å². The molecule has 26 heavy (non-hydrogen) atoms. The number of fused-ring (bicyclic) bond motifs is 2. The van der Waals surface area contributed by atoms with Crippen LogP contribution in [0.2, 0.25) is 0 Å². The molecule has 1 unspecified atom stereocenters. The van der Waals surface area contributed by atoms with Gasteiger partial charge in [-0.3, -0.25) is 10.1 Å². The van der Waals surface area contributed by atoms with Gasteiger partial charge in [0.15, 0.2) is 6.10 Å². The second-order valence-corrected chi connectivity index (χ2v) is 6.70. The van der Waals surface area contributed by atoms with E-state index in [0.29, 0.717) is 5.95 Å². The fourth-order valence-corrected chi connectivity index (χ4v) is 3.58. The fraction of sp³-hybridized carbons (Fsp3) is 0.333. The van der Waals surface area contributed by atoms with E-state index in [1.807, 2.05) is 41.8 Å². The summed E-state index contributed by atoms with van der Waals surface area (Å²) in [5.41, 5.74) is 4.61. The highest BCUT2D eigenvalue weighted by molar-refractivity contribution is 5.94. The number of ether oxygens (including phenoxy) is 1. The lowest BCUT2D eigenvalue weighted by molar-refractivity contribution is -0.122. The molecule has 1 aromatic heterocycles. The lowest BCUT2D eigenvalue weighted by atomic mass is 10.1. The quantitative estimate of drug-likeness (QED) is 0.759. The molecule has 134 valence electrons. The number of anilines is 1. The number of hydrogen-bond donors (Lipinski definition) is 1. The number of nitrogens with one attached hydrogen (secondary N) is 1. The van der Waals surface area contributed by atoms with Gasteiger partial charge >= 0.3 is 0 Å². The van der Waals surface area contributed by atoms with Gasteiger partial charge in [0.2, 0.25) is 5.95 Å². The maximum atomic E-state index is 12.6. The Morgan fingerprint density at radius 2 is 2.04 bits per heavy atom. The second-order valence-electron chi connectivity index (χ2n) is 6.70. The zero-order chi connectivity index (χ0) is 18.1. The molecule has 1 aliphatic carbocycles. The molecule has 1 heterocycles. The van der Waals surface area contributed by atoms with Crippen LogP contribution in [0.3, 0.4) is 0 Å². The number of benzene rings is 2. The Morgan fingerprint density at radius 3 is 2.88 bits per heavy atom. The summed E-state index contributed by atoms with van der Waals surface area (Å²) in [4.78, 5) is 17.1. The lowest BCUT2D eigenvalue weighted by Crippen LogP contribution is -2.31. The molecule has 1 atom stereocenters. The van der Waals surface area contributed by atoms with Gasteiger partial charge in [0.05, 0.1) is 11.0 Å². The number of rotatable bonds is 5. The molecule has 0 saturated carbocycles. The summed E-state index contributed by atoms with van der Waals surface area (Å²) >= 11 is 0. The Hall–Kier alpha value is -2.82. The van der Waals surface area contributed by atoms with Crippen LogP contribution in [0.5, 0.6) is 5.75 Å². The molecular formula is C21H23N3O2. The minimum Gasteiger partial charge on any atom is -0.481 e. The number of imidazole rings is 1. The maximum Gasteiger partial charge on any atom is 0.267 e. The first-order chi connectivity index (χ1) is 12.7. The Kier molecular flexibility index (Phi) is 4.37. The predicted octanol–water partition coefficient (Wildman–Crippen LogP) is 3.95. The van der Waals surface area contributed by atoms with Crippen LogP contribution in [0, 0.1) is 0 Å². The number of carbonyl (C=O) groups excluding carboxylic acids is 1. The standard InChI is InChI=1S/C21H23N3O2/c1-3-24-19-10-5-4-9-18(19)22-21(24)23-20(25)14(2)26-17-12-11-15-7-6-8-16(15)13-17/h4-5,9-14H,3,6-8H2,1-2H3,(H,22,23,25). The van der Waals surface area contributed by atoms with Crippen molar-refractivity contribution in [2.75, 3.05) is 5.32 Å². The predicted molar refractivity (Wildman–Crippen MR) is 103 cm³/mol. The van der Waals surface area contributed by atoms with Crippen LogP contribution in [-0.2, 0) is 24.2 Å². The average Bonchev–Trinajstić information content (AvgIpc) is 3.24. The number of hydrogen-bond acceptors (Lipinski definition) is 3. The highest BCUT2D eigenvalue weighted by Crippen LogP contribution is 2.26. The Bertz CT molecular complexity index is 961. The van der Waals surface area contributed by atoms with Crippen molar-refractivity contribution in [3.63, 3.8) is 0 Å². The highest BCUT2D eigenvalue weighted by atomic mass is 16.5. The molecule has 0 aliphatic heterocycles. The normalized spacial score (nSPS) is 14.2. The second kappa shape index (κ2) is 6.83. The first-order valence-electron chi connectivity index (χ1n) is 9.20. The van der Waals surface area contributed by atoms with E-state index >= 15 is 0 Å². The van der Waals surface area contributed by atoms with Crippen molar-refractivity contribution in [2.24, 2.45) is 0 Å². The number of aryl methyl sites for hydroxylation is 3. The van der Waals surface area contributed by atoms with E-state index in [-0.39, 0.29) is 5.91 Å². The summed E-state index contributed by atoms with van der Waals surface area (Å²) in [6.07, 6.45) is 2.83. The molecule has 1 amide bonds. The van der Waals surface area contributed by atoms with E-state index in [4.69, 9.17) is 4.74 Å². The summed E-state index contributed by atoms with van der Waals surface area (Å²) in [5.74, 6) is 1.11. The molecule has 2 aromatic carbocycles. The Balaban J connectivity index is 1.49. The van der Waals surface area contributed by atoms with E-state index < -0.39 is 6.10 Å². The molecule has 5 nitrogen and oxygen atoms in total. The molecular weight excluding hydrogens is 326 g/mol. The minimum absolute atomic E-state index is 0.199. The van der Waals surface area contributed by atoms with Gasteiger partial charge in [-0.05, 0) is 68.5 Å². The van der Waals surface area contributed by atoms with E-state index in [0.717, 1.165) is 36.2 Å². The van der Waals surface area contributed by atoms with Gasteiger partial charge in [-0.1, -0.05) is 18.2 Å². The van der Waals surface area contributed by atoms with Gasteiger partial charge in [-0.25, -0.2) is 4.98 Å². The van der Waals surface area contributed by atoms with Crippen molar-refractivity contribution >= 4 is 22.9 Å². The number of nitrogens with zero attached hydrogens (tertiary/aromatic N) is 2. The first-order valence-corrected chi connectivity index (χ1v) is 9.20. The Morgan fingerprint density at radius 1 is 1.23 bits per heavy atom. The Labute approximate surface area is 153 Å². The summed E-state index contributed by atoms with van der Waals surface area (Å²) in [5, 5.41) is 2.91. The molecule has 4 rings (SSSR count). The SMILES string of the molecule is CCn1c(NC(=O)C(C)Oc2ccc3c(c2)CCC3)nc2ccccc21. The van der Waals surface area contributed by atoms with Crippen LogP contribution < -0.4 is 10.1 Å². The third-order valence-electron chi connectivity index (χ3n) is 4.96. The van der Waals surface area contributed by atoms with Crippen molar-refractivity contribution in [3.05, 3.63) is 53.6 Å². The largest absolute Gasteiger partial charge is 0.481 e. The van der Waals surface area contributed by atoms with Gasteiger partial charge in [0, 0.05) is 6.54 Å². The molecule has 3 aromatic rings. The highest BCUT2D eigenvalue weighted by Gasteiger charge is 2.19. The van der Waals surface area contributed by atoms with E-state index in [1.165, 1.54) is 17.5 Å².